The highest BCUT2D eigenvalue weighted by molar-refractivity contribution is 5.92. The van der Waals surface area contributed by atoms with Crippen LogP contribution in [0.4, 0.5) is 0 Å². The van der Waals surface area contributed by atoms with Crippen LogP contribution in [-0.2, 0) is 6.42 Å². The van der Waals surface area contributed by atoms with Gasteiger partial charge in [-0.25, -0.2) is 0 Å². The van der Waals surface area contributed by atoms with Crippen LogP contribution in [0.25, 0.3) is 0 Å². The number of aromatic nitrogens is 1. The summed E-state index contributed by atoms with van der Waals surface area (Å²) in [6.07, 6.45) is 2.48. The lowest BCUT2D eigenvalue weighted by atomic mass is 10.1. The Balaban J connectivity index is 1.92. The zero-order valence-electron chi connectivity index (χ0n) is 11.2. The number of hydrogen-bond donors (Lipinski definition) is 2. The van der Waals surface area contributed by atoms with Crippen LogP contribution in [-0.4, -0.2) is 24.5 Å². The summed E-state index contributed by atoms with van der Waals surface area (Å²) in [5.74, 6) is 0.774. The molecule has 2 N–H and O–H groups in total. The van der Waals surface area contributed by atoms with Crippen molar-refractivity contribution in [1.29, 1.82) is 0 Å². The molecule has 2 aromatic rings. The number of amides is 1. The zero-order chi connectivity index (χ0) is 13.7. The molecule has 0 aliphatic heterocycles. The molecule has 0 aliphatic rings. The van der Waals surface area contributed by atoms with Crippen molar-refractivity contribution in [3.63, 3.8) is 0 Å². The minimum Gasteiger partial charge on any atom is -0.496 e. The van der Waals surface area contributed by atoms with E-state index < -0.39 is 0 Å². The van der Waals surface area contributed by atoms with E-state index in [-0.39, 0.29) is 5.91 Å². The van der Waals surface area contributed by atoms with E-state index >= 15 is 0 Å². The van der Waals surface area contributed by atoms with Crippen LogP contribution < -0.4 is 10.1 Å². The van der Waals surface area contributed by atoms with Crippen LogP contribution in [0.5, 0.6) is 5.75 Å². The van der Waals surface area contributed by atoms with Gasteiger partial charge in [0.2, 0.25) is 0 Å². The van der Waals surface area contributed by atoms with Crippen molar-refractivity contribution in [3.8, 4) is 5.75 Å². The molecule has 1 aromatic carbocycles. The van der Waals surface area contributed by atoms with Gasteiger partial charge in [-0.2, -0.15) is 0 Å². The quantitative estimate of drug-likeness (QED) is 0.864. The number of nitrogens with one attached hydrogen (secondary N) is 2. The average Bonchev–Trinajstić information content (AvgIpc) is 2.93. The summed E-state index contributed by atoms with van der Waals surface area (Å²) in [6.45, 7) is 2.62. The Labute approximate surface area is 112 Å². The lowest BCUT2D eigenvalue weighted by Gasteiger charge is -2.10. The third kappa shape index (κ3) is 3.37. The molecule has 100 valence electrons. The summed E-state index contributed by atoms with van der Waals surface area (Å²) in [4.78, 5) is 14.6. The fraction of sp³-hybridized carbons (Fsp3) is 0.267. The number of aryl methyl sites for hydroxylation is 1. The van der Waals surface area contributed by atoms with Crippen molar-refractivity contribution >= 4 is 5.91 Å². The predicted octanol–water partition coefficient (Wildman–Crippen LogP) is 2.30. The van der Waals surface area contributed by atoms with E-state index in [2.05, 4.69) is 16.4 Å². The number of methoxy groups -OCH3 is 1. The summed E-state index contributed by atoms with van der Waals surface area (Å²) in [5, 5.41) is 2.88. The van der Waals surface area contributed by atoms with E-state index in [1.807, 2.05) is 19.1 Å². The molecule has 0 unspecified atom stereocenters. The first kappa shape index (κ1) is 13.2. The lowest BCUT2D eigenvalue weighted by Crippen LogP contribution is -2.26. The first-order valence-corrected chi connectivity index (χ1v) is 6.26. The third-order valence-electron chi connectivity index (χ3n) is 2.96. The number of carbonyl (C=O) groups is 1. The normalized spacial score (nSPS) is 10.2. The number of H-pyrrole nitrogens is 1. The van der Waals surface area contributed by atoms with E-state index in [9.17, 15) is 4.79 Å². The number of benzene rings is 1. The highest BCUT2D eigenvalue weighted by Gasteiger charge is 2.07. The van der Waals surface area contributed by atoms with Crippen LogP contribution >= 0.6 is 0 Å². The first-order valence-electron chi connectivity index (χ1n) is 6.26. The molecule has 4 nitrogen and oxygen atoms in total. The van der Waals surface area contributed by atoms with Gasteiger partial charge in [-0.05, 0) is 37.1 Å². The van der Waals surface area contributed by atoms with E-state index in [1.54, 1.807) is 25.4 Å². The molecule has 0 aliphatic carbocycles. The van der Waals surface area contributed by atoms with E-state index in [0.29, 0.717) is 12.2 Å². The lowest BCUT2D eigenvalue weighted by molar-refractivity contribution is 0.0949. The Kier molecular flexibility index (Phi) is 4.23. The SMILES string of the molecule is COc1ccc(C)cc1CCNC(=O)c1ccc[nH]1. The maximum atomic E-state index is 11.7. The minimum absolute atomic E-state index is 0.0865. The molecule has 0 saturated carbocycles. The molecule has 0 saturated heterocycles. The van der Waals surface area contributed by atoms with Gasteiger partial charge in [0.05, 0.1) is 7.11 Å². The molecule has 1 amide bonds. The summed E-state index contributed by atoms with van der Waals surface area (Å²) in [6, 6.07) is 9.61. The second-order valence-electron chi connectivity index (χ2n) is 4.40. The molecule has 0 fully saturated rings. The number of hydrogen-bond acceptors (Lipinski definition) is 2. The van der Waals surface area contributed by atoms with Crippen LogP contribution in [0.15, 0.2) is 36.5 Å². The molecule has 0 atom stereocenters. The maximum absolute atomic E-state index is 11.7. The van der Waals surface area contributed by atoms with Crippen molar-refractivity contribution in [3.05, 3.63) is 53.3 Å². The minimum atomic E-state index is -0.0865. The van der Waals surface area contributed by atoms with Crippen LogP contribution in [0.2, 0.25) is 0 Å². The zero-order valence-corrected chi connectivity index (χ0v) is 11.2. The third-order valence-corrected chi connectivity index (χ3v) is 2.96. The summed E-state index contributed by atoms with van der Waals surface area (Å²) < 4.78 is 5.31. The Hall–Kier alpha value is -2.23. The predicted molar refractivity (Wildman–Crippen MR) is 74.6 cm³/mol. The van der Waals surface area contributed by atoms with E-state index in [0.717, 1.165) is 17.7 Å². The average molecular weight is 258 g/mol. The smallest absolute Gasteiger partial charge is 0.267 e. The Morgan fingerprint density at radius 2 is 2.21 bits per heavy atom. The fourth-order valence-electron chi connectivity index (χ4n) is 1.98. The van der Waals surface area contributed by atoms with Gasteiger partial charge in [0.1, 0.15) is 11.4 Å². The molecule has 4 heteroatoms. The monoisotopic (exact) mass is 258 g/mol. The van der Waals surface area contributed by atoms with Gasteiger partial charge in [-0.3, -0.25) is 4.79 Å². The highest BCUT2D eigenvalue weighted by Crippen LogP contribution is 2.19. The van der Waals surface area contributed by atoms with E-state index in [4.69, 9.17) is 4.74 Å². The highest BCUT2D eigenvalue weighted by atomic mass is 16.5. The van der Waals surface area contributed by atoms with Gasteiger partial charge in [-0.15, -0.1) is 0 Å². The van der Waals surface area contributed by atoms with Crippen molar-refractivity contribution in [2.45, 2.75) is 13.3 Å². The molecule has 1 aromatic heterocycles. The second-order valence-corrected chi connectivity index (χ2v) is 4.40. The molecule has 2 rings (SSSR count). The van der Waals surface area contributed by atoms with Gasteiger partial charge in [0.25, 0.3) is 5.91 Å². The Bertz CT molecular complexity index is 547. The van der Waals surface area contributed by atoms with Crippen LogP contribution in [0.3, 0.4) is 0 Å². The van der Waals surface area contributed by atoms with Crippen LogP contribution in [0.1, 0.15) is 21.6 Å². The topological polar surface area (TPSA) is 54.1 Å². The number of carbonyl (C=O) groups excluding carboxylic acids is 1. The summed E-state index contributed by atoms with van der Waals surface area (Å²) in [7, 11) is 1.66. The number of ether oxygens (including phenoxy) is 1. The molecule has 0 radical (unpaired) electrons. The fourth-order valence-corrected chi connectivity index (χ4v) is 1.98. The second kappa shape index (κ2) is 6.09. The van der Waals surface area contributed by atoms with E-state index in [1.165, 1.54) is 5.56 Å². The maximum Gasteiger partial charge on any atom is 0.267 e. The van der Waals surface area contributed by atoms with Crippen molar-refractivity contribution in [2.24, 2.45) is 0 Å². The molecule has 0 spiro atoms. The van der Waals surface area contributed by atoms with Gasteiger partial charge >= 0.3 is 0 Å². The summed E-state index contributed by atoms with van der Waals surface area (Å²) >= 11 is 0. The summed E-state index contributed by atoms with van der Waals surface area (Å²) in [5.41, 5.74) is 2.87. The Morgan fingerprint density at radius 3 is 2.89 bits per heavy atom. The molecule has 1 heterocycles. The van der Waals surface area contributed by atoms with Crippen molar-refractivity contribution < 1.29 is 9.53 Å². The molecular formula is C15H18N2O2. The number of rotatable bonds is 5. The largest absolute Gasteiger partial charge is 0.496 e. The van der Waals surface area contributed by atoms with Crippen molar-refractivity contribution in [2.75, 3.05) is 13.7 Å². The van der Waals surface area contributed by atoms with Gasteiger partial charge in [0.15, 0.2) is 0 Å². The van der Waals surface area contributed by atoms with Gasteiger partial charge in [-0.1, -0.05) is 17.7 Å². The first-order chi connectivity index (χ1) is 9.20. The molecular weight excluding hydrogens is 240 g/mol. The molecule has 0 bridgehead atoms. The number of aromatic amines is 1. The van der Waals surface area contributed by atoms with Gasteiger partial charge < -0.3 is 15.0 Å². The molecule has 19 heavy (non-hydrogen) atoms. The van der Waals surface area contributed by atoms with Gasteiger partial charge in [0, 0.05) is 12.7 Å². The van der Waals surface area contributed by atoms with Crippen molar-refractivity contribution in [1.82, 2.24) is 10.3 Å². The van der Waals surface area contributed by atoms with Crippen LogP contribution in [0, 0.1) is 6.92 Å². The standard InChI is InChI=1S/C15H18N2O2/c1-11-5-6-14(19-2)12(10-11)7-9-17-15(18)13-4-3-8-16-13/h3-6,8,10,16H,7,9H2,1-2H3,(H,17,18). The Morgan fingerprint density at radius 1 is 1.37 bits per heavy atom.